The number of aromatic nitrogens is 2. The Balaban J connectivity index is -0.000000277. The van der Waals surface area contributed by atoms with Crippen LogP contribution in [0.3, 0.4) is 0 Å². The minimum atomic E-state index is -3.67. The van der Waals surface area contributed by atoms with Gasteiger partial charge in [-0.15, -0.1) is 23.2 Å². The molecule has 0 fully saturated rings. The van der Waals surface area contributed by atoms with Crippen molar-refractivity contribution >= 4 is 77.3 Å². The number of nitro groups is 2. The lowest BCUT2D eigenvalue weighted by Crippen LogP contribution is -3.00. The van der Waals surface area contributed by atoms with Crippen molar-refractivity contribution in [3.05, 3.63) is 64.1 Å². The maximum Gasteiger partial charge on any atom is 0.762 e. The van der Waals surface area contributed by atoms with Gasteiger partial charge in [0.05, 0.1) is 35.5 Å². The van der Waals surface area contributed by atoms with Crippen molar-refractivity contribution in [3.63, 3.8) is 0 Å². The summed E-state index contributed by atoms with van der Waals surface area (Å²) in [7, 11) is 3.30. The third-order valence-electron chi connectivity index (χ3n) is 3.51. The van der Waals surface area contributed by atoms with E-state index in [9.17, 15) is 47.6 Å². The van der Waals surface area contributed by atoms with Crippen LogP contribution < -0.4 is 15.0 Å². The molecule has 0 aliphatic heterocycles. The van der Waals surface area contributed by atoms with E-state index < -0.39 is 51.3 Å². The number of H-pyrrole nitrogens is 1. The van der Waals surface area contributed by atoms with Crippen LogP contribution in [-0.2, 0) is 13.8 Å². The van der Waals surface area contributed by atoms with Crippen LogP contribution in [0.1, 0.15) is 34.6 Å². The topological polar surface area (TPSA) is 197 Å². The van der Waals surface area contributed by atoms with Crippen molar-refractivity contribution in [1.82, 2.24) is 9.97 Å². The number of rotatable bonds is 7. The fourth-order valence-corrected chi connectivity index (χ4v) is 2.70. The highest BCUT2D eigenvalue weighted by Crippen LogP contribution is 2.35. The van der Waals surface area contributed by atoms with E-state index >= 15 is 0 Å². The third-order valence-corrected chi connectivity index (χ3v) is 4.28. The number of aromatic amines is 1. The molecule has 0 aliphatic carbocycles. The maximum atomic E-state index is 11.4. The number of carbonyl (C=O) groups excluding carboxylic acids is 2. The van der Waals surface area contributed by atoms with Gasteiger partial charge in [-0.2, -0.15) is 0 Å². The smallest absolute Gasteiger partial charge is 0.762 e. The lowest BCUT2D eigenvalue weighted by molar-refractivity contribution is -0.386. The second-order valence-corrected chi connectivity index (χ2v) is 8.63. The van der Waals surface area contributed by atoms with Gasteiger partial charge in [-0.05, 0) is 13.8 Å². The first kappa shape index (κ1) is 48.4. The van der Waals surface area contributed by atoms with E-state index in [-0.39, 0.29) is 45.3 Å². The number of esters is 2. The zero-order chi connectivity index (χ0) is 35.2. The SMILES string of the molecule is CCOC(=O)c1c[nH]c(=O)c([N+](=O)[O-])c1Cl.CCOC(=O)c1cnc(OC)c([N+](=O)[O-])c1Cl.C[O+](C)C.ClCCl.FB(F)F.[F-]. The molecule has 0 saturated heterocycles. The Morgan fingerprint density at radius 3 is 1.64 bits per heavy atom. The second-order valence-electron chi connectivity index (χ2n) is 7.07. The van der Waals surface area contributed by atoms with Crippen molar-refractivity contribution in [1.29, 1.82) is 0 Å². The number of nitrogens with one attached hydrogen (secondary N) is 1. The predicted octanol–water partition coefficient (Wildman–Crippen LogP) is 2.68. The first-order valence-corrected chi connectivity index (χ1v) is 13.0. The molecule has 24 heteroatoms. The Kier molecular flexibility index (Phi) is 29.0. The van der Waals surface area contributed by atoms with E-state index in [1.807, 2.05) is 26.3 Å². The monoisotopic (exact) mass is 738 g/mol. The number of hydrogen-bond acceptors (Lipinski definition) is 11. The summed E-state index contributed by atoms with van der Waals surface area (Å²) in [6, 6.07) is 0. The minimum Gasteiger partial charge on any atom is -1.00 e. The fraction of sp³-hybridized carbons (Fsp3) is 0.429. The normalized spacial score (nSPS) is 9.02. The van der Waals surface area contributed by atoms with E-state index in [2.05, 4.69) is 14.1 Å². The molecule has 0 unspecified atom stereocenters. The minimum absolute atomic E-state index is 0. The van der Waals surface area contributed by atoms with Gasteiger partial charge in [0.1, 0.15) is 42.5 Å². The van der Waals surface area contributed by atoms with Gasteiger partial charge in [-0.25, -0.2) is 14.6 Å². The molecule has 0 spiro atoms. The first-order valence-electron chi connectivity index (χ1n) is 11.2. The van der Waals surface area contributed by atoms with E-state index in [1.54, 1.807) is 13.8 Å². The molecule has 0 saturated carbocycles. The molecule has 256 valence electrons. The summed E-state index contributed by atoms with van der Waals surface area (Å²) in [5.74, 6) is -1.85. The maximum absolute atomic E-state index is 11.4. The number of nitrogens with zero attached hydrogens (tertiary/aromatic N) is 3. The van der Waals surface area contributed by atoms with Gasteiger partial charge in [-0.3, -0.25) is 38.0 Å². The molecule has 2 aromatic heterocycles. The Labute approximate surface area is 273 Å². The molecule has 0 bridgehead atoms. The average molecular weight is 740 g/mol. The summed E-state index contributed by atoms with van der Waals surface area (Å²) in [6.07, 6.45) is 2.06. The summed E-state index contributed by atoms with van der Waals surface area (Å²) in [5, 5.41) is 20.6. The van der Waals surface area contributed by atoms with Crippen molar-refractivity contribution < 1.29 is 55.7 Å². The van der Waals surface area contributed by atoms with Gasteiger partial charge in [0.15, 0.2) is 0 Å². The largest absolute Gasteiger partial charge is 1.00 e. The van der Waals surface area contributed by atoms with E-state index in [1.165, 1.54) is 7.11 Å². The molecule has 0 radical (unpaired) electrons. The van der Waals surface area contributed by atoms with Crippen molar-refractivity contribution in [3.8, 4) is 5.88 Å². The molecular formula is C21H27BCl4F4N4O11. The Morgan fingerprint density at radius 2 is 1.31 bits per heavy atom. The van der Waals surface area contributed by atoms with Crippen LogP contribution in [-0.4, -0.2) is 86.3 Å². The molecule has 0 atom stereocenters. The number of methoxy groups -OCH3 is 1. The van der Waals surface area contributed by atoms with Gasteiger partial charge < -0.3 is 28.3 Å². The highest BCUT2D eigenvalue weighted by molar-refractivity contribution is 6.40. The number of alkyl halides is 2. The average Bonchev–Trinajstić information content (AvgIpc) is 2.88. The Bertz CT molecular complexity index is 1270. The zero-order valence-corrected chi connectivity index (χ0v) is 27.2. The van der Waals surface area contributed by atoms with Crippen LogP contribution >= 0.6 is 46.4 Å². The Morgan fingerprint density at radius 1 is 0.956 bits per heavy atom. The highest BCUT2D eigenvalue weighted by Gasteiger charge is 2.28. The lowest BCUT2D eigenvalue weighted by atomic mass is 10.2. The highest BCUT2D eigenvalue weighted by atomic mass is 35.5. The van der Waals surface area contributed by atoms with Crippen LogP contribution in [0.2, 0.25) is 10.0 Å². The molecule has 2 heterocycles. The summed E-state index contributed by atoms with van der Waals surface area (Å²) in [4.78, 5) is 59.1. The van der Waals surface area contributed by atoms with Crippen LogP contribution in [0.25, 0.3) is 0 Å². The summed E-state index contributed by atoms with van der Waals surface area (Å²) in [6.45, 7) is 3.42. The predicted molar refractivity (Wildman–Crippen MR) is 158 cm³/mol. The molecule has 2 rings (SSSR count). The molecule has 1 N–H and O–H groups in total. The fourth-order valence-electron chi connectivity index (χ4n) is 2.14. The summed E-state index contributed by atoms with van der Waals surface area (Å²) in [5.41, 5.74) is -2.80. The zero-order valence-electron chi connectivity index (χ0n) is 24.2. The molecule has 45 heavy (non-hydrogen) atoms. The quantitative estimate of drug-likeness (QED) is 0.0834. The van der Waals surface area contributed by atoms with Gasteiger partial charge >= 0.3 is 36.4 Å². The van der Waals surface area contributed by atoms with Crippen LogP contribution in [0.4, 0.5) is 24.3 Å². The first-order chi connectivity index (χ1) is 20.4. The lowest BCUT2D eigenvalue weighted by Gasteiger charge is -2.06. The molecule has 0 aliphatic rings. The van der Waals surface area contributed by atoms with Crippen LogP contribution in [0.15, 0.2) is 17.2 Å². The van der Waals surface area contributed by atoms with Gasteiger partial charge in [0.2, 0.25) is 0 Å². The van der Waals surface area contributed by atoms with E-state index in [4.69, 9.17) is 55.9 Å². The van der Waals surface area contributed by atoms with Crippen LogP contribution in [0, 0.1) is 20.2 Å². The van der Waals surface area contributed by atoms with Crippen molar-refractivity contribution in [2.45, 2.75) is 13.8 Å². The second kappa shape index (κ2) is 26.9. The molecule has 15 nitrogen and oxygen atoms in total. The molecule has 0 amide bonds. The van der Waals surface area contributed by atoms with E-state index in [0.29, 0.717) is 0 Å². The molecule has 2 aromatic rings. The Hall–Kier alpha value is -3.46. The van der Waals surface area contributed by atoms with Crippen molar-refractivity contribution in [2.75, 3.05) is 47.0 Å². The number of carbonyl (C=O) groups is 2. The van der Waals surface area contributed by atoms with Gasteiger partial charge in [0.25, 0.3) is 5.88 Å². The number of ether oxygens (including phenoxy) is 3. The number of halogens is 8. The van der Waals surface area contributed by atoms with Crippen molar-refractivity contribution in [2.24, 2.45) is 0 Å². The molecule has 0 aromatic carbocycles. The number of pyridine rings is 2. The summed E-state index contributed by atoms with van der Waals surface area (Å²) < 4.78 is 45.6. The third kappa shape index (κ3) is 20.2. The standard InChI is InChI=1S/C9H9ClN2O5.C8H7ClN2O5.C3H9O.CH2Cl2.BF3.FH/c1-3-17-9(13)5-4-11-8(16-2)7(6(5)10)12(14)15;1-2-16-8(13)4-3-10-7(12)6(5(4)9)11(14)15;1-4(2)3;2-1-3;2-1(3)4;/h4H,3H2,1-2H3;3H,2H2,1H3,(H,10,12);1-3H3;1H2;;1H/q;;+1;;;/p-1. The molecular weight excluding hydrogens is 713 g/mol. The van der Waals surface area contributed by atoms with Gasteiger partial charge in [-0.1, -0.05) is 23.2 Å². The van der Waals surface area contributed by atoms with Crippen LogP contribution in [0.5, 0.6) is 5.88 Å². The number of hydrogen-bond donors (Lipinski definition) is 1. The van der Waals surface area contributed by atoms with E-state index in [0.717, 1.165) is 12.4 Å². The van der Waals surface area contributed by atoms with Gasteiger partial charge in [0, 0.05) is 12.4 Å². The summed E-state index contributed by atoms with van der Waals surface area (Å²) >= 11 is 20.9.